The zero-order valence-electron chi connectivity index (χ0n) is 15.2. The van der Waals surface area contributed by atoms with Crippen molar-refractivity contribution in [1.29, 1.82) is 0 Å². The molecule has 7 nitrogen and oxygen atoms in total. The summed E-state index contributed by atoms with van der Waals surface area (Å²) in [6, 6.07) is 8.45. The zero-order valence-corrected chi connectivity index (χ0v) is 16.0. The van der Waals surface area contributed by atoms with Crippen molar-refractivity contribution in [3.8, 4) is 0 Å². The van der Waals surface area contributed by atoms with Gasteiger partial charge in [-0.1, -0.05) is 18.2 Å². The van der Waals surface area contributed by atoms with Crippen molar-refractivity contribution in [2.24, 2.45) is 0 Å². The molecular weight excluding hydrogens is 354 g/mol. The summed E-state index contributed by atoms with van der Waals surface area (Å²) >= 11 is 0. The molecule has 0 atom stereocenters. The first-order chi connectivity index (χ1) is 12.3. The number of rotatable bonds is 4. The molecule has 2 heterocycles. The van der Waals surface area contributed by atoms with E-state index in [1.807, 2.05) is 0 Å². The van der Waals surface area contributed by atoms with Crippen LogP contribution in [0.5, 0.6) is 0 Å². The summed E-state index contributed by atoms with van der Waals surface area (Å²) in [5.74, 6) is 0.837. The summed E-state index contributed by atoms with van der Waals surface area (Å²) in [6.45, 7) is 2.53. The quantitative estimate of drug-likeness (QED) is 0.816. The topological polar surface area (TPSA) is 83.7 Å². The molecule has 26 heavy (non-hydrogen) atoms. The maximum Gasteiger partial charge on any atom is 0.275 e. The van der Waals surface area contributed by atoms with Gasteiger partial charge in [-0.25, -0.2) is 13.4 Å². The lowest BCUT2D eigenvalue weighted by Crippen LogP contribution is -2.37. The van der Waals surface area contributed by atoms with Crippen LogP contribution in [0.3, 0.4) is 0 Å². The molecule has 8 heteroatoms. The molecule has 0 aliphatic carbocycles. The van der Waals surface area contributed by atoms with E-state index < -0.39 is 10.0 Å². The van der Waals surface area contributed by atoms with Gasteiger partial charge in [0.1, 0.15) is 5.76 Å². The molecule has 0 spiro atoms. The van der Waals surface area contributed by atoms with Gasteiger partial charge in [-0.15, -0.1) is 0 Å². The fourth-order valence-electron chi connectivity index (χ4n) is 3.09. The predicted molar refractivity (Wildman–Crippen MR) is 96.4 cm³/mol. The Morgan fingerprint density at radius 1 is 1.19 bits per heavy atom. The summed E-state index contributed by atoms with van der Waals surface area (Å²) in [5, 5.41) is 0. The molecule has 1 saturated heterocycles. The van der Waals surface area contributed by atoms with Crippen molar-refractivity contribution in [3.05, 3.63) is 47.7 Å². The Labute approximate surface area is 153 Å². The minimum Gasteiger partial charge on any atom is -0.445 e. The first kappa shape index (κ1) is 18.6. The molecule has 1 aliphatic rings. The molecule has 1 aromatic carbocycles. The lowest BCUT2D eigenvalue weighted by atomic mass is 9.98. The fourth-order valence-corrected chi connectivity index (χ4v) is 4.58. The summed E-state index contributed by atoms with van der Waals surface area (Å²) in [6.07, 6.45) is 1.23. The molecule has 1 fully saturated rings. The molecule has 2 aromatic rings. The number of aryl methyl sites for hydroxylation is 1. The van der Waals surface area contributed by atoms with Gasteiger partial charge in [0, 0.05) is 33.1 Å². The van der Waals surface area contributed by atoms with E-state index in [1.54, 1.807) is 51.4 Å². The Hall–Kier alpha value is -2.19. The Balaban J connectivity index is 1.71. The Morgan fingerprint density at radius 2 is 1.81 bits per heavy atom. The number of hydrogen-bond donors (Lipinski definition) is 0. The summed E-state index contributed by atoms with van der Waals surface area (Å²) < 4.78 is 32.6. The van der Waals surface area contributed by atoms with Gasteiger partial charge in [0.2, 0.25) is 10.0 Å². The highest BCUT2D eigenvalue weighted by molar-refractivity contribution is 7.89. The number of nitrogens with zero attached hydrogens (tertiary/aromatic N) is 3. The smallest absolute Gasteiger partial charge is 0.275 e. The second-order valence-electron chi connectivity index (χ2n) is 6.65. The number of carbonyl (C=O) groups is 1. The van der Waals surface area contributed by atoms with E-state index in [9.17, 15) is 13.2 Å². The number of aromatic nitrogens is 1. The number of sulfonamides is 1. The maximum atomic E-state index is 12.7. The van der Waals surface area contributed by atoms with Gasteiger partial charge in [0.15, 0.2) is 11.6 Å². The van der Waals surface area contributed by atoms with Crippen LogP contribution in [0.25, 0.3) is 0 Å². The van der Waals surface area contributed by atoms with E-state index in [4.69, 9.17) is 4.42 Å². The van der Waals surface area contributed by atoms with Gasteiger partial charge in [-0.05, 0) is 31.9 Å². The van der Waals surface area contributed by atoms with E-state index in [0.717, 1.165) is 0 Å². The van der Waals surface area contributed by atoms with Crippen LogP contribution in [0.4, 0.5) is 0 Å². The predicted octanol–water partition coefficient (Wildman–Crippen LogP) is 2.25. The molecule has 0 saturated carbocycles. The molecular formula is C18H23N3O4S. The SMILES string of the molecule is Cc1oc(C2CCN(S(=O)(=O)c3ccccc3)CC2)nc1C(=O)N(C)C. The minimum atomic E-state index is -3.47. The highest BCUT2D eigenvalue weighted by atomic mass is 32.2. The molecule has 0 bridgehead atoms. The fraction of sp³-hybridized carbons (Fsp3) is 0.444. The van der Waals surface area contributed by atoms with Gasteiger partial charge in [-0.2, -0.15) is 4.31 Å². The lowest BCUT2D eigenvalue weighted by molar-refractivity contribution is 0.0821. The van der Waals surface area contributed by atoms with Gasteiger partial charge in [0.05, 0.1) is 4.90 Å². The third-order valence-corrected chi connectivity index (χ3v) is 6.52. The second kappa shape index (κ2) is 7.20. The molecule has 140 valence electrons. The van der Waals surface area contributed by atoms with Crippen LogP contribution in [0.15, 0.2) is 39.6 Å². The van der Waals surface area contributed by atoms with Gasteiger partial charge >= 0.3 is 0 Å². The second-order valence-corrected chi connectivity index (χ2v) is 8.59. The van der Waals surface area contributed by atoms with Crippen molar-refractivity contribution >= 4 is 15.9 Å². The van der Waals surface area contributed by atoms with Crippen molar-refractivity contribution in [1.82, 2.24) is 14.2 Å². The van der Waals surface area contributed by atoms with Crippen LogP contribution in [-0.2, 0) is 10.0 Å². The molecule has 1 amide bonds. The van der Waals surface area contributed by atoms with Crippen molar-refractivity contribution in [2.45, 2.75) is 30.6 Å². The number of amides is 1. The zero-order chi connectivity index (χ0) is 18.9. The van der Waals surface area contributed by atoms with Crippen molar-refractivity contribution in [2.75, 3.05) is 27.2 Å². The highest BCUT2D eigenvalue weighted by Crippen LogP contribution is 2.31. The Morgan fingerprint density at radius 3 is 2.38 bits per heavy atom. The number of oxazole rings is 1. The number of hydrogen-bond acceptors (Lipinski definition) is 5. The van der Waals surface area contributed by atoms with Crippen LogP contribution in [-0.4, -0.2) is 55.7 Å². The van der Waals surface area contributed by atoms with Gasteiger partial charge < -0.3 is 9.32 Å². The standard InChI is InChI=1S/C18H23N3O4S/c1-13-16(18(22)20(2)3)19-17(25-13)14-9-11-21(12-10-14)26(23,24)15-7-5-4-6-8-15/h4-8,14H,9-12H2,1-3H3. The molecule has 0 radical (unpaired) electrons. The Bertz CT molecular complexity index is 882. The normalized spacial score (nSPS) is 16.6. The first-order valence-corrected chi connectivity index (χ1v) is 9.99. The average Bonchev–Trinajstić information content (AvgIpc) is 3.03. The summed E-state index contributed by atoms with van der Waals surface area (Å²) in [4.78, 5) is 18.3. The largest absolute Gasteiger partial charge is 0.445 e. The van der Waals surface area contributed by atoms with E-state index in [-0.39, 0.29) is 11.8 Å². The molecule has 1 aliphatic heterocycles. The number of piperidine rings is 1. The van der Waals surface area contributed by atoms with Gasteiger partial charge in [-0.3, -0.25) is 4.79 Å². The van der Waals surface area contributed by atoms with E-state index in [1.165, 1.54) is 9.21 Å². The van der Waals surface area contributed by atoms with E-state index >= 15 is 0 Å². The lowest BCUT2D eigenvalue weighted by Gasteiger charge is -2.29. The molecule has 0 unspecified atom stereocenters. The third kappa shape index (κ3) is 3.52. The third-order valence-electron chi connectivity index (χ3n) is 4.61. The van der Waals surface area contributed by atoms with Crippen LogP contribution < -0.4 is 0 Å². The molecule has 0 N–H and O–H groups in total. The van der Waals surface area contributed by atoms with Gasteiger partial charge in [0.25, 0.3) is 5.91 Å². The van der Waals surface area contributed by atoms with Crippen LogP contribution in [0, 0.1) is 6.92 Å². The van der Waals surface area contributed by atoms with Crippen molar-refractivity contribution in [3.63, 3.8) is 0 Å². The summed E-state index contributed by atoms with van der Waals surface area (Å²) in [5.41, 5.74) is 0.323. The summed E-state index contributed by atoms with van der Waals surface area (Å²) in [7, 11) is -0.134. The van der Waals surface area contributed by atoms with Crippen LogP contribution in [0.1, 0.15) is 40.9 Å². The van der Waals surface area contributed by atoms with E-state index in [0.29, 0.717) is 48.2 Å². The van der Waals surface area contributed by atoms with Crippen LogP contribution in [0.2, 0.25) is 0 Å². The number of benzene rings is 1. The number of carbonyl (C=O) groups excluding carboxylic acids is 1. The first-order valence-electron chi connectivity index (χ1n) is 8.55. The van der Waals surface area contributed by atoms with E-state index in [2.05, 4.69) is 4.98 Å². The minimum absolute atomic E-state index is 0.0136. The molecule has 1 aromatic heterocycles. The monoisotopic (exact) mass is 377 g/mol. The van der Waals surface area contributed by atoms with Crippen LogP contribution >= 0.6 is 0 Å². The highest BCUT2D eigenvalue weighted by Gasteiger charge is 2.32. The maximum absolute atomic E-state index is 12.7. The Kier molecular flexibility index (Phi) is 5.15. The average molecular weight is 377 g/mol. The van der Waals surface area contributed by atoms with Crippen molar-refractivity contribution < 1.29 is 17.6 Å². The molecule has 3 rings (SSSR count).